The molecule has 1 aliphatic heterocycles. The first-order valence-corrected chi connectivity index (χ1v) is 5.24. The summed E-state index contributed by atoms with van der Waals surface area (Å²) in [4.78, 5) is 2.34. The van der Waals surface area contributed by atoms with Crippen LogP contribution in [0.4, 0.5) is 5.69 Å². The van der Waals surface area contributed by atoms with Gasteiger partial charge in [0.05, 0.1) is 0 Å². The summed E-state index contributed by atoms with van der Waals surface area (Å²) >= 11 is 0. The maximum Gasteiger partial charge on any atom is 0.0363 e. The highest BCUT2D eigenvalue weighted by molar-refractivity contribution is 5.46. The Morgan fingerprint density at radius 1 is 1.29 bits per heavy atom. The van der Waals surface area contributed by atoms with Gasteiger partial charge in [0.1, 0.15) is 0 Å². The van der Waals surface area contributed by atoms with Gasteiger partial charge in [0, 0.05) is 38.3 Å². The van der Waals surface area contributed by atoms with Gasteiger partial charge in [0.2, 0.25) is 0 Å². The molecule has 0 amide bonds. The van der Waals surface area contributed by atoms with Crippen molar-refractivity contribution in [2.45, 2.75) is 6.92 Å². The molecule has 1 aromatic carbocycles. The second kappa shape index (κ2) is 4.01. The summed E-state index contributed by atoms with van der Waals surface area (Å²) in [6, 6.07) is 8.73. The van der Waals surface area contributed by atoms with Crippen molar-refractivity contribution in [2.75, 3.05) is 31.6 Å². The van der Waals surface area contributed by atoms with E-state index in [9.17, 15) is 0 Å². The van der Waals surface area contributed by atoms with Crippen LogP contribution >= 0.6 is 0 Å². The molecule has 0 radical (unpaired) electrons. The largest absolute Gasteiger partial charge is 0.374 e. The lowest BCUT2D eigenvalue weighted by molar-refractivity contribution is 0.353. The Balaban J connectivity index is 1.95. The summed E-state index contributed by atoms with van der Waals surface area (Å²) in [5.41, 5.74) is 2.65. The molecule has 2 nitrogen and oxygen atoms in total. The van der Waals surface area contributed by atoms with Crippen LogP contribution in [0.15, 0.2) is 24.3 Å². The minimum absolute atomic E-state index is 0.835. The monoisotopic (exact) mass is 190 g/mol. The zero-order valence-electron chi connectivity index (χ0n) is 8.96. The van der Waals surface area contributed by atoms with Crippen molar-refractivity contribution in [2.24, 2.45) is 5.92 Å². The maximum absolute atomic E-state index is 3.30. The number of hydrogen-bond donors (Lipinski definition) is 1. The van der Waals surface area contributed by atoms with E-state index in [4.69, 9.17) is 0 Å². The topological polar surface area (TPSA) is 15.3 Å². The van der Waals surface area contributed by atoms with Gasteiger partial charge in [0.25, 0.3) is 0 Å². The molecule has 14 heavy (non-hydrogen) atoms. The Morgan fingerprint density at radius 3 is 2.43 bits per heavy atom. The molecule has 2 heteroatoms. The van der Waals surface area contributed by atoms with E-state index in [-0.39, 0.29) is 0 Å². The molecular formula is C12H18N2. The van der Waals surface area contributed by atoms with Crippen LogP contribution in [0.5, 0.6) is 0 Å². The van der Waals surface area contributed by atoms with Crippen LogP contribution in [-0.4, -0.2) is 26.7 Å². The Morgan fingerprint density at radius 2 is 1.93 bits per heavy atom. The molecule has 0 aliphatic carbocycles. The van der Waals surface area contributed by atoms with E-state index in [1.165, 1.54) is 24.3 Å². The van der Waals surface area contributed by atoms with Crippen molar-refractivity contribution < 1.29 is 0 Å². The predicted molar refractivity (Wildman–Crippen MR) is 60.8 cm³/mol. The number of anilines is 1. The minimum Gasteiger partial charge on any atom is -0.374 e. The van der Waals surface area contributed by atoms with E-state index >= 15 is 0 Å². The Bertz CT molecular complexity index is 288. The van der Waals surface area contributed by atoms with Crippen molar-refractivity contribution in [1.82, 2.24) is 5.32 Å². The summed E-state index contributed by atoms with van der Waals surface area (Å²) in [7, 11) is 2.17. The third kappa shape index (κ3) is 2.07. The van der Waals surface area contributed by atoms with Gasteiger partial charge in [-0.25, -0.2) is 0 Å². The Labute approximate surface area is 85.9 Å². The van der Waals surface area contributed by atoms with Gasteiger partial charge in [-0.3, -0.25) is 0 Å². The van der Waals surface area contributed by atoms with Crippen molar-refractivity contribution >= 4 is 5.69 Å². The predicted octanol–water partition coefficient (Wildman–Crippen LogP) is 1.65. The van der Waals surface area contributed by atoms with Crippen molar-refractivity contribution in [1.29, 1.82) is 0 Å². The number of hydrogen-bond acceptors (Lipinski definition) is 2. The van der Waals surface area contributed by atoms with E-state index in [1.807, 2.05) is 0 Å². The lowest BCUT2D eigenvalue weighted by Gasteiger charge is -2.32. The lowest BCUT2D eigenvalue weighted by Crippen LogP contribution is -2.47. The van der Waals surface area contributed by atoms with E-state index in [0.29, 0.717) is 0 Å². The Hall–Kier alpha value is -1.02. The molecule has 1 aromatic rings. The van der Waals surface area contributed by atoms with Crippen LogP contribution in [-0.2, 0) is 0 Å². The van der Waals surface area contributed by atoms with Crippen LogP contribution < -0.4 is 10.2 Å². The molecule has 0 atom stereocenters. The SMILES string of the molecule is Cc1ccc(N(C)CC2CNC2)cc1. The number of rotatable bonds is 3. The number of benzene rings is 1. The zero-order valence-corrected chi connectivity index (χ0v) is 8.96. The quantitative estimate of drug-likeness (QED) is 0.779. The highest BCUT2D eigenvalue weighted by Gasteiger charge is 2.18. The van der Waals surface area contributed by atoms with Crippen LogP contribution in [0.1, 0.15) is 5.56 Å². The summed E-state index contributed by atoms with van der Waals surface area (Å²) in [6.45, 7) is 5.64. The molecule has 2 rings (SSSR count). The van der Waals surface area contributed by atoms with Crippen molar-refractivity contribution in [3.05, 3.63) is 29.8 Å². The van der Waals surface area contributed by atoms with Crippen LogP contribution in [0.25, 0.3) is 0 Å². The van der Waals surface area contributed by atoms with Gasteiger partial charge in [-0.1, -0.05) is 17.7 Å². The van der Waals surface area contributed by atoms with Crippen molar-refractivity contribution in [3.63, 3.8) is 0 Å². The van der Waals surface area contributed by atoms with Crippen LogP contribution in [0.2, 0.25) is 0 Å². The molecule has 1 aliphatic rings. The fraction of sp³-hybridized carbons (Fsp3) is 0.500. The summed E-state index contributed by atoms with van der Waals surface area (Å²) in [5, 5.41) is 3.30. The fourth-order valence-electron chi connectivity index (χ4n) is 1.77. The first kappa shape index (κ1) is 9.53. The fourth-order valence-corrected chi connectivity index (χ4v) is 1.77. The first-order valence-electron chi connectivity index (χ1n) is 5.24. The molecular weight excluding hydrogens is 172 g/mol. The van der Waals surface area contributed by atoms with E-state index in [2.05, 4.69) is 48.5 Å². The smallest absolute Gasteiger partial charge is 0.0363 e. The average molecular weight is 190 g/mol. The maximum atomic E-state index is 3.30. The van der Waals surface area contributed by atoms with Gasteiger partial charge in [-0.15, -0.1) is 0 Å². The highest BCUT2D eigenvalue weighted by Crippen LogP contribution is 2.15. The molecule has 1 saturated heterocycles. The number of nitrogens with zero attached hydrogens (tertiary/aromatic N) is 1. The summed E-state index contributed by atoms with van der Waals surface area (Å²) in [6.07, 6.45) is 0. The van der Waals surface area contributed by atoms with E-state index < -0.39 is 0 Å². The van der Waals surface area contributed by atoms with E-state index in [0.717, 1.165) is 12.5 Å². The van der Waals surface area contributed by atoms with Gasteiger partial charge in [-0.2, -0.15) is 0 Å². The number of nitrogens with one attached hydrogen (secondary N) is 1. The molecule has 0 spiro atoms. The van der Waals surface area contributed by atoms with Crippen molar-refractivity contribution in [3.8, 4) is 0 Å². The molecule has 0 bridgehead atoms. The third-order valence-electron chi connectivity index (χ3n) is 2.87. The molecule has 1 heterocycles. The second-order valence-corrected chi connectivity index (χ2v) is 4.24. The Kier molecular flexibility index (Phi) is 2.73. The standard InChI is InChI=1S/C12H18N2/c1-10-3-5-12(6-4-10)14(2)9-11-7-13-8-11/h3-6,11,13H,7-9H2,1-2H3. The summed E-state index contributed by atoms with van der Waals surface area (Å²) in [5.74, 6) is 0.835. The minimum atomic E-state index is 0.835. The normalized spacial score (nSPS) is 16.4. The molecule has 1 N–H and O–H groups in total. The van der Waals surface area contributed by atoms with Gasteiger partial charge in [-0.05, 0) is 19.1 Å². The zero-order chi connectivity index (χ0) is 9.97. The number of aryl methyl sites for hydroxylation is 1. The molecule has 0 aromatic heterocycles. The average Bonchev–Trinajstić information content (AvgIpc) is 2.12. The van der Waals surface area contributed by atoms with Gasteiger partial charge in [0.15, 0.2) is 0 Å². The van der Waals surface area contributed by atoms with Gasteiger partial charge >= 0.3 is 0 Å². The second-order valence-electron chi connectivity index (χ2n) is 4.24. The molecule has 0 saturated carbocycles. The van der Waals surface area contributed by atoms with Crippen LogP contribution in [0, 0.1) is 12.8 Å². The molecule has 1 fully saturated rings. The third-order valence-corrected chi connectivity index (χ3v) is 2.87. The highest BCUT2D eigenvalue weighted by atomic mass is 15.1. The first-order chi connectivity index (χ1) is 6.75. The van der Waals surface area contributed by atoms with Crippen LogP contribution in [0.3, 0.4) is 0 Å². The van der Waals surface area contributed by atoms with E-state index in [1.54, 1.807) is 0 Å². The molecule has 0 unspecified atom stereocenters. The van der Waals surface area contributed by atoms with Gasteiger partial charge < -0.3 is 10.2 Å². The lowest BCUT2D eigenvalue weighted by atomic mass is 10.0. The summed E-state index contributed by atoms with van der Waals surface area (Å²) < 4.78 is 0. The molecule has 76 valence electrons.